The molecule has 1 atom stereocenters. The maximum atomic E-state index is 11.3. The number of nitrogens with one attached hydrogen (secondary N) is 1. The van der Waals surface area contributed by atoms with Crippen molar-refractivity contribution in [2.24, 2.45) is 5.73 Å². The van der Waals surface area contributed by atoms with Crippen LogP contribution >= 0.6 is 0 Å². The summed E-state index contributed by atoms with van der Waals surface area (Å²) in [6, 6.07) is 3.11. The van der Waals surface area contributed by atoms with Gasteiger partial charge in [-0.3, -0.25) is 4.79 Å². The molecular formula is C10H12N6O. The minimum absolute atomic E-state index is 0.396. The minimum atomic E-state index is -0.493. The number of nitrogens with two attached hydrogens (primary N) is 1. The fraction of sp³-hybridized carbons (Fsp3) is 0.400. The topological polar surface area (TPSA) is 108 Å². The summed E-state index contributed by atoms with van der Waals surface area (Å²) in [5.41, 5.74) is 5.73. The molecule has 1 aromatic heterocycles. The van der Waals surface area contributed by atoms with Crippen LogP contribution in [-0.2, 0) is 4.79 Å². The number of piperazine rings is 1. The van der Waals surface area contributed by atoms with Crippen LogP contribution in [0.15, 0.2) is 12.3 Å². The first-order valence-corrected chi connectivity index (χ1v) is 5.22. The highest BCUT2D eigenvalue weighted by molar-refractivity contribution is 5.84. The van der Waals surface area contributed by atoms with E-state index < -0.39 is 11.9 Å². The van der Waals surface area contributed by atoms with E-state index in [1.165, 1.54) is 6.20 Å². The van der Waals surface area contributed by atoms with Gasteiger partial charge in [0.1, 0.15) is 12.1 Å². The summed E-state index contributed by atoms with van der Waals surface area (Å²) in [5, 5.41) is 19.7. The molecule has 1 amide bonds. The number of hydrogen-bond donors (Lipinski definition) is 2. The maximum absolute atomic E-state index is 11.3. The highest BCUT2D eigenvalue weighted by atomic mass is 16.1. The molecule has 1 unspecified atom stereocenters. The highest BCUT2D eigenvalue weighted by Crippen LogP contribution is 2.18. The van der Waals surface area contributed by atoms with E-state index in [4.69, 9.17) is 11.0 Å². The van der Waals surface area contributed by atoms with Crippen molar-refractivity contribution in [1.29, 1.82) is 5.26 Å². The van der Waals surface area contributed by atoms with Crippen molar-refractivity contribution in [3.63, 3.8) is 0 Å². The second-order valence-corrected chi connectivity index (χ2v) is 3.70. The lowest BCUT2D eigenvalue weighted by Gasteiger charge is -2.34. The van der Waals surface area contributed by atoms with Crippen LogP contribution < -0.4 is 16.0 Å². The molecule has 0 radical (unpaired) electrons. The number of primary amides is 1. The molecular weight excluding hydrogens is 220 g/mol. The Morgan fingerprint density at radius 3 is 3.24 bits per heavy atom. The molecule has 0 spiro atoms. The van der Waals surface area contributed by atoms with E-state index in [2.05, 4.69) is 15.5 Å². The van der Waals surface area contributed by atoms with Crippen LogP contribution in [0.5, 0.6) is 0 Å². The zero-order valence-electron chi connectivity index (χ0n) is 9.13. The molecule has 0 bridgehead atoms. The molecule has 0 aromatic carbocycles. The number of hydrogen-bond acceptors (Lipinski definition) is 6. The molecule has 2 heterocycles. The lowest BCUT2D eigenvalue weighted by molar-refractivity contribution is -0.119. The number of aromatic nitrogens is 2. The van der Waals surface area contributed by atoms with Crippen LogP contribution in [0.25, 0.3) is 0 Å². The van der Waals surface area contributed by atoms with Gasteiger partial charge in [-0.2, -0.15) is 10.4 Å². The molecule has 2 rings (SSSR count). The van der Waals surface area contributed by atoms with Gasteiger partial charge in [0.05, 0.1) is 11.8 Å². The van der Waals surface area contributed by atoms with Gasteiger partial charge in [-0.1, -0.05) is 0 Å². The Morgan fingerprint density at radius 1 is 1.71 bits per heavy atom. The quantitative estimate of drug-likeness (QED) is 0.650. The fourth-order valence-electron chi connectivity index (χ4n) is 1.84. The maximum Gasteiger partial charge on any atom is 0.241 e. The molecule has 0 aliphatic carbocycles. The van der Waals surface area contributed by atoms with Crippen LogP contribution in [0.2, 0.25) is 0 Å². The van der Waals surface area contributed by atoms with Crippen molar-refractivity contribution in [2.75, 3.05) is 24.5 Å². The molecule has 17 heavy (non-hydrogen) atoms. The number of carbonyl (C=O) groups is 1. The van der Waals surface area contributed by atoms with E-state index in [9.17, 15) is 4.79 Å². The number of nitrogens with zero attached hydrogens (tertiary/aromatic N) is 4. The van der Waals surface area contributed by atoms with Gasteiger partial charge in [-0.25, -0.2) is 0 Å². The van der Waals surface area contributed by atoms with E-state index in [1.54, 1.807) is 11.0 Å². The average Bonchev–Trinajstić information content (AvgIpc) is 2.38. The monoisotopic (exact) mass is 232 g/mol. The van der Waals surface area contributed by atoms with Crippen molar-refractivity contribution in [3.05, 3.63) is 17.8 Å². The van der Waals surface area contributed by atoms with Crippen molar-refractivity contribution >= 4 is 11.7 Å². The third-order valence-corrected chi connectivity index (χ3v) is 2.67. The van der Waals surface area contributed by atoms with Gasteiger partial charge in [-0.15, -0.1) is 5.10 Å². The Labute approximate surface area is 98.2 Å². The van der Waals surface area contributed by atoms with Gasteiger partial charge in [0.2, 0.25) is 5.91 Å². The van der Waals surface area contributed by atoms with Crippen LogP contribution in [0, 0.1) is 11.3 Å². The Kier molecular flexibility index (Phi) is 3.16. The van der Waals surface area contributed by atoms with Gasteiger partial charge >= 0.3 is 0 Å². The predicted octanol–water partition coefficient (Wildman–Crippen LogP) is -1.39. The molecule has 88 valence electrons. The van der Waals surface area contributed by atoms with Gasteiger partial charge in [0, 0.05) is 19.6 Å². The minimum Gasteiger partial charge on any atom is -0.368 e. The third kappa shape index (κ3) is 2.16. The number of anilines is 1. The van der Waals surface area contributed by atoms with Gasteiger partial charge in [0.25, 0.3) is 0 Å². The first-order chi connectivity index (χ1) is 8.24. The Balaban J connectivity index is 2.36. The van der Waals surface area contributed by atoms with Crippen LogP contribution in [-0.4, -0.2) is 41.8 Å². The lowest BCUT2D eigenvalue weighted by Crippen LogP contribution is -2.57. The smallest absolute Gasteiger partial charge is 0.241 e. The highest BCUT2D eigenvalue weighted by Gasteiger charge is 2.29. The van der Waals surface area contributed by atoms with Gasteiger partial charge in [-0.05, 0) is 6.07 Å². The SMILES string of the molecule is N#Cc1ccnnc1N1CCNCC1C(N)=O. The molecule has 3 N–H and O–H groups in total. The lowest BCUT2D eigenvalue weighted by atomic mass is 10.1. The van der Waals surface area contributed by atoms with Crippen molar-refractivity contribution in [3.8, 4) is 6.07 Å². The zero-order valence-corrected chi connectivity index (χ0v) is 9.13. The Bertz CT molecular complexity index is 468. The summed E-state index contributed by atoms with van der Waals surface area (Å²) in [6.07, 6.45) is 1.45. The molecule has 0 saturated carbocycles. The first-order valence-electron chi connectivity index (χ1n) is 5.22. The van der Waals surface area contributed by atoms with E-state index in [0.717, 1.165) is 0 Å². The molecule has 1 saturated heterocycles. The Morgan fingerprint density at radius 2 is 2.53 bits per heavy atom. The fourth-order valence-corrected chi connectivity index (χ4v) is 1.84. The average molecular weight is 232 g/mol. The van der Waals surface area contributed by atoms with Crippen LogP contribution in [0.3, 0.4) is 0 Å². The van der Waals surface area contributed by atoms with Crippen molar-refractivity contribution in [2.45, 2.75) is 6.04 Å². The van der Waals surface area contributed by atoms with Crippen LogP contribution in [0.1, 0.15) is 5.56 Å². The largest absolute Gasteiger partial charge is 0.368 e. The Hall–Kier alpha value is -2.20. The molecule has 1 aliphatic rings. The normalized spacial score (nSPS) is 19.7. The van der Waals surface area contributed by atoms with E-state index in [0.29, 0.717) is 31.0 Å². The second kappa shape index (κ2) is 4.76. The summed E-state index contributed by atoms with van der Waals surface area (Å²) >= 11 is 0. The number of rotatable bonds is 2. The standard InChI is InChI=1S/C10H12N6O/c11-5-7-1-2-14-15-10(7)16-4-3-13-6-8(16)9(12)17/h1-2,8,13H,3-4,6H2,(H2,12,17). The van der Waals surface area contributed by atoms with Crippen LogP contribution in [0.4, 0.5) is 5.82 Å². The number of amides is 1. The predicted molar refractivity (Wildman–Crippen MR) is 59.9 cm³/mol. The molecule has 7 nitrogen and oxygen atoms in total. The molecule has 1 aliphatic heterocycles. The van der Waals surface area contributed by atoms with Gasteiger partial charge in [0.15, 0.2) is 5.82 Å². The number of carbonyl (C=O) groups excluding carboxylic acids is 1. The van der Waals surface area contributed by atoms with Gasteiger partial charge < -0.3 is 16.0 Å². The van der Waals surface area contributed by atoms with Crippen molar-refractivity contribution in [1.82, 2.24) is 15.5 Å². The zero-order chi connectivity index (χ0) is 12.3. The van der Waals surface area contributed by atoms with E-state index in [1.807, 2.05) is 6.07 Å². The van der Waals surface area contributed by atoms with E-state index in [-0.39, 0.29) is 0 Å². The number of nitriles is 1. The summed E-state index contributed by atoms with van der Waals surface area (Å²) < 4.78 is 0. The third-order valence-electron chi connectivity index (χ3n) is 2.67. The molecule has 1 aromatic rings. The summed E-state index contributed by atoms with van der Waals surface area (Å²) in [6.45, 7) is 1.74. The summed E-state index contributed by atoms with van der Waals surface area (Å²) in [4.78, 5) is 13.1. The summed E-state index contributed by atoms with van der Waals surface area (Å²) in [7, 11) is 0. The van der Waals surface area contributed by atoms with E-state index >= 15 is 0 Å². The summed E-state index contributed by atoms with van der Waals surface area (Å²) in [5.74, 6) is -0.0213. The molecule has 7 heteroatoms. The van der Waals surface area contributed by atoms with Crippen molar-refractivity contribution < 1.29 is 4.79 Å². The molecule has 1 fully saturated rings. The second-order valence-electron chi connectivity index (χ2n) is 3.70. The first kappa shape index (κ1) is 11.3.